The van der Waals surface area contributed by atoms with Crippen LogP contribution in [0.1, 0.15) is 48.8 Å². The van der Waals surface area contributed by atoms with Crippen molar-refractivity contribution in [2.24, 2.45) is 0 Å². The maximum absolute atomic E-state index is 12.7. The fourth-order valence-electron chi connectivity index (χ4n) is 4.06. The lowest BCUT2D eigenvalue weighted by Gasteiger charge is -2.16. The predicted molar refractivity (Wildman–Crippen MR) is 126 cm³/mol. The van der Waals surface area contributed by atoms with Gasteiger partial charge in [-0.2, -0.15) is 5.10 Å². The molecule has 2 amide bonds. The Morgan fingerprint density at radius 3 is 2.66 bits per heavy atom. The first-order chi connectivity index (χ1) is 15.3. The van der Waals surface area contributed by atoms with Crippen molar-refractivity contribution in [3.8, 4) is 0 Å². The summed E-state index contributed by atoms with van der Waals surface area (Å²) in [6.45, 7) is 7.42. The molecule has 2 aromatic carbocycles. The summed E-state index contributed by atoms with van der Waals surface area (Å²) < 4.78 is 1.88. The van der Waals surface area contributed by atoms with Crippen LogP contribution in [0.25, 0.3) is 16.6 Å². The van der Waals surface area contributed by atoms with Gasteiger partial charge >= 0.3 is 0 Å². The number of fused-ring (bicyclic) bond motifs is 3. The normalized spacial score (nSPS) is 12.1. The van der Waals surface area contributed by atoms with E-state index in [2.05, 4.69) is 15.7 Å². The number of benzene rings is 2. The third-order valence-electron chi connectivity index (χ3n) is 5.70. The quantitative estimate of drug-likeness (QED) is 0.479. The maximum Gasteiger partial charge on any atom is 0.221 e. The molecule has 1 unspecified atom stereocenters. The molecule has 7 heteroatoms. The molecule has 0 saturated heterocycles. The van der Waals surface area contributed by atoms with Crippen LogP contribution in [0.2, 0.25) is 0 Å². The fourth-order valence-corrected chi connectivity index (χ4v) is 4.06. The second kappa shape index (κ2) is 8.78. The predicted octanol–water partition coefficient (Wildman–Crippen LogP) is 4.27. The fraction of sp³-hybridized carbons (Fsp3) is 0.280. The Morgan fingerprint density at radius 2 is 1.88 bits per heavy atom. The third kappa shape index (κ3) is 4.32. The highest BCUT2D eigenvalue weighted by Gasteiger charge is 2.16. The first-order valence-corrected chi connectivity index (χ1v) is 10.7. The molecular formula is C25H27N5O2. The molecule has 1 atom stereocenters. The molecule has 0 bridgehead atoms. The lowest BCUT2D eigenvalue weighted by atomic mass is 10.0. The number of aryl methyl sites for hydroxylation is 2. The second-order valence-electron chi connectivity index (χ2n) is 8.11. The highest BCUT2D eigenvalue weighted by atomic mass is 16.2. The van der Waals surface area contributed by atoms with E-state index in [0.29, 0.717) is 18.5 Å². The van der Waals surface area contributed by atoms with E-state index in [1.165, 1.54) is 6.92 Å². The van der Waals surface area contributed by atoms with Crippen molar-refractivity contribution in [3.63, 3.8) is 0 Å². The molecule has 164 valence electrons. The number of nitrogens with one attached hydrogen (secondary N) is 2. The molecule has 0 spiro atoms. The smallest absolute Gasteiger partial charge is 0.221 e. The van der Waals surface area contributed by atoms with Crippen LogP contribution in [0.5, 0.6) is 0 Å². The number of carbonyl (C=O) groups excluding carboxylic acids is 2. The Morgan fingerprint density at radius 1 is 1.09 bits per heavy atom. The monoisotopic (exact) mass is 429 g/mol. The van der Waals surface area contributed by atoms with Gasteiger partial charge in [0.1, 0.15) is 0 Å². The van der Waals surface area contributed by atoms with Gasteiger partial charge in [0.25, 0.3) is 0 Å². The Bertz CT molecular complexity index is 1320. The minimum atomic E-state index is -0.171. The summed E-state index contributed by atoms with van der Waals surface area (Å²) in [6, 6.07) is 15.3. The molecule has 4 rings (SSSR count). The van der Waals surface area contributed by atoms with E-state index >= 15 is 0 Å². The Kier molecular flexibility index (Phi) is 5.90. The molecule has 2 aromatic heterocycles. The first-order valence-electron chi connectivity index (χ1n) is 10.7. The van der Waals surface area contributed by atoms with Gasteiger partial charge in [0.05, 0.1) is 11.6 Å². The zero-order chi connectivity index (χ0) is 22.8. The van der Waals surface area contributed by atoms with Crippen LogP contribution in [0.3, 0.4) is 0 Å². The van der Waals surface area contributed by atoms with Crippen LogP contribution in [0.15, 0.2) is 48.5 Å². The molecule has 0 aliphatic carbocycles. The Labute approximate surface area is 186 Å². The number of aromatic nitrogens is 3. The van der Waals surface area contributed by atoms with E-state index in [1.807, 2.05) is 73.8 Å². The Balaban J connectivity index is 1.47. The van der Waals surface area contributed by atoms with Gasteiger partial charge in [-0.25, -0.2) is 9.50 Å². The molecule has 7 nitrogen and oxygen atoms in total. The van der Waals surface area contributed by atoms with Gasteiger partial charge in [0.2, 0.25) is 11.8 Å². The maximum atomic E-state index is 12.7. The standard InChI is InChI=1S/C25H27N5O2/c1-15(19-8-7-9-20(14-19)28-18(4)31)26-24(32)13-12-21-16(2)27-25-22-10-5-6-11-23(22)29-30(25)17(21)3/h5-11,14-15H,12-13H2,1-4H3,(H,26,32)(H,28,31). The molecular weight excluding hydrogens is 402 g/mol. The summed E-state index contributed by atoms with van der Waals surface area (Å²) in [7, 11) is 0. The van der Waals surface area contributed by atoms with E-state index < -0.39 is 0 Å². The van der Waals surface area contributed by atoms with Crippen molar-refractivity contribution in [3.05, 3.63) is 71.0 Å². The van der Waals surface area contributed by atoms with Crippen LogP contribution < -0.4 is 10.6 Å². The van der Waals surface area contributed by atoms with Gasteiger partial charge in [0, 0.05) is 35.8 Å². The summed E-state index contributed by atoms with van der Waals surface area (Å²) in [5.41, 5.74) is 6.37. The summed E-state index contributed by atoms with van der Waals surface area (Å²) in [5, 5.41) is 11.5. The highest BCUT2D eigenvalue weighted by Crippen LogP contribution is 2.23. The average molecular weight is 430 g/mol. The van der Waals surface area contributed by atoms with E-state index in [4.69, 9.17) is 4.98 Å². The van der Waals surface area contributed by atoms with Crippen molar-refractivity contribution in [2.45, 2.75) is 46.6 Å². The largest absolute Gasteiger partial charge is 0.350 e. The SMILES string of the molecule is CC(=O)Nc1cccc(C(C)NC(=O)CCc2c(C)nc3c4ccccc4nn3c2C)c1. The average Bonchev–Trinajstić information content (AvgIpc) is 3.12. The zero-order valence-electron chi connectivity index (χ0n) is 18.8. The zero-order valence-corrected chi connectivity index (χ0v) is 18.8. The summed E-state index contributed by atoms with van der Waals surface area (Å²) >= 11 is 0. The van der Waals surface area contributed by atoms with Gasteiger partial charge in [-0.1, -0.05) is 24.3 Å². The minimum Gasteiger partial charge on any atom is -0.350 e. The van der Waals surface area contributed by atoms with Crippen molar-refractivity contribution in [1.82, 2.24) is 19.9 Å². The number of rotatable bonds is 6. The molecule has 32 heavy (non-hydrogen) atoms. The number of nitrogens with zero attached hydrogens (tertiary/aromatic N) is 3. The molecule has 0 fully saturated rings. The molecule has 2 N–H and O–H groups in total. The van der Waals surface area contributed by atoms with Crippen LogP contribution in [-0.2, 0) is 16.0 Å². The number of hydrogen-bond donors (Lipinski definition) is 2. The molecule has 0 aliphatic rings. The number of hydrogen-bond acceptors (Lipinski definition) is 4. The minimum absolute atomic E-state index is 0.0352. The van der Waals surface area contributed by atoms with Crippen molar-refractivity contribution < 1.29 is 9.59 Å². The number of anilines is 1. The van der Waals surface area contributed by atoms with Crippen molar-refractivity contribution in [2.75, 3.05) is 5.32 Å². The molecule has 0 radical (unpaired) electrons. The van der Waals surface area contributed by atoms with E-state index in [0.717, 1.165) is 39.1 Å². The lowest BCUT2D eigenvalue weighted by molar-refractivity contribution is -0.121. The van der Waals surface area contributed by atoms with Gasteiger partial charge in [0.15, 0.2) is 5.65 Å². The van der Waals surface area contributed by atoms with Gasteiger partial charge < -0.3 is 10.6 Å². The van der Waals surface area contributed by atoms with E-state index in [1.54, 1.807) is 0 Å². The van der Waals surface area contributed by atoms with Gasteiger partial charge in [-0.05, 0) is 62.6 Å². The van der Waals surface area contributed by atoms with Crippen molar-refractivity contribution >= 4 is 34.1 Å². The third-order valence-corrected chi connectivity index (χ3v) is 5.70. The number of amides is 2. The van der Waals surface area contributed by atoms with Crippen molar-refractivity contribution in [1.29, 1.82) is 0 Å². The Hall–Kier alpha value is -3.74. The van der Waals surface area contributed by atoms with Gasteiger partial charge in [-0.15, -0.1) is 0 Å². The van der Waals surface area contributed by atoms with Crippen LogP contribution >= 0.6 is 0 Å². The molecule has 2 heterocycles. The summed E-state index contributed by atoms with van der Waals surface area (Å²) in [5.74, 6) is -0.160. The molecule has 4 aromatic rings. The molecule has 0 saturated carbocycles. The van der Waals surface area contributed by atoms with Gasteiger partial charge in [-0.3, -0.25) is 9.59 Å². The summed E-state index contributed by atoms with van der Waals surface area (Å²) in [4.78, 5) is 28.7. The lowest BCUT2D eigenvalue weighted by Crippen LogP contribution is -2.27. The second-order valence-corrected chi connectivity index (χ2v) is 8.11. The van der Waals surface area contributed by atoms with Crippen LogP contribution in [0.4, 0.5) is 5.69 Å². The van der Waals surface area contributed by atoms with Crippen LogP contribution in [0, 0.1) is 13.8 Å². The topological polar surface area (TPSA) is 88.4 Å². The highest BCUT2D eigenvalue weighted by molar-refractivity contribution is 5.92. The van der Waals surface area contributed by atoms with E-state index in [-0.39, 0.29) is 17.9 Å². The van der Waals surface area contributed by atoms with E-state index in [9.17, 15) is 9.59 Å². The summed E-state index contributed by atoms with van der Waals surface area (Å²) in [6.07, 6.45) is 0.937. The first kappa shape index (κ1) is 21.5. The molecule has 0 aliphatic heterocycles. The van der Waals surface area contributed by atoms with Crippen LogP contribution in [-0.4, -0.2) is 26.4 Å². The number of carbonyl (C=O) groups is 2.